The molecular weight excluding hydrogens is 144 g/mol. The largest absolute Gasteiger partial charge is 0.368 e. The molecule has 0 saturated heterocycles. The van der Waals surface area contributed by atoms with E-state index in [9.17, 15) is 4.79 Å². The zero-order chi connectivity index (χ0) is 8.32. The second kappa shape index (κ2) is 3.19. The minimum atomic E-state index is -0.630. The van der Waals surface area contributed by atoms with Crippen molar-refractivity contribution in [2.45, 2.75) is 31.3 Å². The van der Waals surface area contributed by atoms with Crippen molar-refractivity contribution in [1.82, 2.24) is 5.43 Å². The first-order valence-corrected chi connectivity index (χ1v) is 3.81. The highest BCUT2D eigenvalue weighted by Gasteiger charge is 2.40. The molecule has 1 rings (SSSR count). The number of nitrogens with one attached hydrogen (secondary N) is 1. The van der Waals surface area contributed by atoms with Gasteiger partial charge in [0.05, 0.1) is 0 Å². The van der Waals surface area contributed by atoms with E-state index in [2.05, 4.69) is 5.43 Å². The highest BCUT2D eigenvalue weighted by Crippen LogP contribution is 2.32. The third kappa shape index (κ3) is 1.36. The van der Waals surface area contributed by atoms with E-state index in [4.69, 9.17) is 10.6 Å². The molecule has 0 spiro atoms. The molecule has 0 atom stereocenters. The number of amides is 1. The van der Waals surface area contributed by atoms with Crippen LogP contribution >= 0.6 is 0 Å². The Morgan fingerprint density at radius 3 is 2.45 bits per heavy atom. The summed E-state index contributed by atoms with van der Waals surface area (Å²) >= 11 is 0. The minimum Gasteiger partial charge on any atom is -0.368 e. The fourth-order valence-corrected chi connectivity index (χ4v) is 1.60. The number of nitrogens with two attached hydrogens (primary N) is 1. The van der Waals surface area contributed by atoms with E-state index < -0.39 is 5.60 Å². The van der Waals surface area contributed by atoms with Gasteiger partial charge in [0.25, 0.3) is 5.91 Å². The van der Waals surface area contributed by atoms with Gasteiger partial charge in [0.15, 0.2) is 0 Å². The van der Waals surface area contributed by atoms with Crippen LogP contribution in [-0.4, -0.2) is 18.6 Å². The van der Waals surface area contributed by atoms with Crippen molar-refractivity contribution < 1.29 is 9.53 Å². The van der Waals surface area contributed by atoms with Crippen LogP contribution in [0.2, 0.25) is 0 Å². The van der Waals surface area contributed by atoms with E-state index in [0.29, 0.717) is 0 Å². The third-order valence-corrected chi connectivity index (χ3v) is 2.35. The van der Waals surface area contributed by atoms with Crippen LogP contribution in [0.5, 0.6) is 0 Å². The van der Waals surface area contributed by atoms with Crippen LogP contribution in [0.3, 0.4) is 0 Å². The zero-order valence-corrected chi connectivity index (χ0v) is 6.72. The molecule has 0 unspecified atom stereocenters. The fraction of sp³-hybridized carbons (Fsp3) is 0.857. The Labute approximate surface area is 66.1 Å². The molecule has 0 aromatic heterocycles. The average molecular weight is 158 g/mol. The molecule has 4 heteroatoms. The topological polar surface area (TPSA) is 64.3 Å². The summed E-state index contributed by atoms with van der Waals surface area (Å²) in [6.07, 6.45) is 3.65. The van der Waals surface area contributed by atoms with Gasteiger partial charge in [-0.2, -0.15) is 0 Å². The van der Waals surface area contributed by atoms with E-state index in [-0.39, 0.29) is 5.91 Å². The fourth-order valence-electron chi connectivity index (χ4n) is 1.60. The van der Waals surface area contributed by atoms with Gasteiger partial charge in [-0.1, -0.05) is 0 Å². The van der Waals surface area contributed by atoms with Gasteiger partial charge in [-0.15, -0.1) is 0 Å². The summed E-state index contributed by atoms with van der Waals surface area (Å²) < 4.78 is 5.16. The maximum absolute atomic E-state index is 11.2. The van der Waals surface area contributed by atoms with Gasteiger partial charge in [-0.05, 0) is 25.7 Å². The first-order chi connectivity index (χ1) is 5.25. The lowest BCUT2D eigenvalue weighted by Gasteiger charge is -2.24. The Bertz CT molecular complexity index is 153. The Balaban J connectivity index is 2.66. The summed E-state index contributed by atoms with van der Waals surface area (Å²) in [5, 5.41) is 0. The standard InChI is InChI=1S/C7H14N2O2/c1-11-7(6(10)9-8)4-2-3-5-7/h2-5,8H2,1H3,(H,9,10). The number of ether oxygens (including phenoxy) is 1. The summed E-state index contributed by atoms with van der Waals surface area (Å²) in [6.45, 7) is 0. The Kier molecular flexibility index (Phi) is 2.46. The normalized spacial score (nSPS) is 21.6. The number of methoxy groups -OCH3 is 1. The van der Waals surface area contributed by atoms with E-state index in [1.807, 2.05) is 0 Å². The maximum Gasteiger partial charge on any atom is 0.266 e. The van der Waals surface area contributed by atoms with E-state index in [1.54, 1.807) is 7.11 Å². The lowest BCUT2D eigenvalue weighted by atomic mass is 10.0. The van der Waals surface area contributed by atoms with Gasteiger partial charge in [-0.3, -0.25) is 10.2 Å². The highest BCUT2D eigenvalue weighted by molar-refractivity contribution is 5.84. The molecule has 0 aromatic rings. The molecule has 0 heterocycles. The van der Waals surface area contributed by atoms with Gasteiger partial charge < -0.3 is 4.74 Å². The lowest BCUT2D eigenvalue weighted by molar-refractivity contribution is -0.142. The lowest BCUT2D eigenvalue weighted by Crippen LogP contribution is -2.48. The van der Waals surface area contributed by atoms with E-state index in [1.165, 1.54) is 0 Å². The minimum absolute atomic E-state index is 0.197. The van der Waals surface area contributed by atoms with Gasteiger partial charge in [0.2, 0.25) is 0 Å². The molecule has 11 heavy (non-hydrogen) atoms. The van der Waals surface area contributed by atoms with Crippen LogP contribution in [0, 0.1) is 0 Å². The van der Waals surface area contributed by atoms with Crippen molar-refractivity contribution in [2.24, 2.45) is 5.84 Å². The van der Waals surface area contributed by atoms with Crippen molar-refractivity contribution in [3.8, 4) is 0 Å². The molecule has 1 aliphatic rings. The van der Waals surface area contributed by atoms with Gasteiger partial charge in [0.1, 0.15) is 5.60 Å². The van der Waals surface area contributed by atoms with Crippen LogP contribution in [0.15, 0.2) is 0 Å². The molecule has 0 aliphatic heterocycles. The van der Waals surface area contributed by atoms with Crippen LogP contribution in [0.25, 0.3) is 0 Å². The van der Waals surface area contributed by atoms with Gasteiger partial charge in [0, 0.05) is 7.11 Å². The predicted octanol–water partition coefficient (Wildman–Crippen LogP) is -0.0645. The Morgan fingerprint density at radius 1 is 1.55 bits per heavy atom. The summed E-state index contributed by atoms with van der Waals surface area (Å²) in [4.78, 5) is 11.2. The van der Waals surface area contributed by atoms with Crippen molar-refractivity contribution in [1.29, 1.82) is 0 Å². The van der Waals surface area contributed by atoms with Crippen molar-refractivity contribution in [3.05, 3.63) is 0 Å². The molecule has 4 nitrogen and oxygen atoms in total. The molecule has 3 N–H and O–H groups in total. The molecule has 1 fully saturated rings. The molecule has 1 aliphatic carbocycles. The number of hydrogen-bond donors (Lipinski definition) is 2. The summed E-state index contributed by atoms with van der Waals surface area (Å²) in [5.41, 5.74) is 1.50. The van der Waals surface area contributed by atoms with Crippen molar-refractivity contribution in [2.75, 3.05) is 7.11 Å². The summed E-state index contributed by atoms with van der Waals surface area (Å²) in [5.74, 6) is 4.84. The molecule has 0 bridgehead atoms. The maximum atomic E-state index is 11.2. The Hall–Kier alpha value is -0.610. The molecule has 0 radical (unpaired) electrons. The van der Waals surface area contributed by atoms with Crippen LogP contribution in [-0.2, 0) is 9.53 Å². The molecule has 1 saturated carbocycles. The van der Waals surface area contributed by atoms with Crippen molar-refractivity contribution >= 4 is 5.91 Å². The van der Waals surface area contributed by atoms with E-state index in [0.717, 1.165) is 25.7 Å². The van der Waals surface area contributed by atoms with Crippen LogP contribution < -0.4 is 11.3 Å². The zero-order valence-electron chi connectivity index (χ0n) is 6.72. The summed E-state index contributed by atoms with van der Waals surface area (Å²) in [6, 6.07) is 0. The van der Waals surface area contributed by atoms with Crippen LogP contribution in [0.1, 0.15) is 25.7 Å². The number of hydrazine groups is 1. The SMILES string of the molecule is COC1(C(=O)NN)CCCC1. The first-order valence-electron chi connectivity index (χ1n) is 3.81. The molecule has 64 valence electrons. The van der Waals surface area contributed by atoms with Gasteiger partial charge in [-0.25, -0.2) is 5.84 Å². The first kappa shape index (κ1) is 8.49. The van der Waals surface area contributed by atoms with Gasteiger partial charge >= 0.3 is 0 Å². The summed E-state index contributed by atoms with van der Waals surface area (Å²) in [7, 11) is 1.56. The third-order valence-electron chi connectivity index (χ3n) is 2.35. The number of carbonyl (C=O) groups excluding carboxylic acids is 1. The van der Waals surface area contributed by atoms with Crippen molar-refractivity contribution in [3.63, 3.8) is 0 Å². The average Bonchev–Trinajstić information content (AvgIpc) is 2.52. The van der Waals surface area contributed by atoms with Crippen LogP contribution in [0.4, 0.5) is 0 Å². The second-order valence-corrected chi connectivity index (χ2v) is 2.88. The highest BCUT2D eigenvalue weighted by atomic mass is 16.5. The molecular formula is C7H14N2O2. The number of rotatable bonds is 2. The predicted molar refractivity (Wildman–Crippen MR) is 40.5 cm³/mol. The Morgan fingerprint density at radius 2 is 2.09 bits per heavy atom. The number of carbonyl (C=O) groups is 1. The second-order valence-electron chi connectivity index (χ2n) is 2.88. The quantitative estimate of drug-likeness (QED) is 0.336. The number of hydrogen-bond acceptors (Lipinski definition) is 3. The molecule has 0 aromatic carbocycles. The van der Waals surface area contributed by atoms with E-state index >= 15 is 0 Å². The molecule has 1 amide bonds. The monoisotopic (exact) mass is 158 g/mol. The smallest absolute Gasteiger partial charge is 0.266 e.